The molecule has 0 saturated carbocycles. The number of hydrogen-bond acceptors (Lipinski definition) is 0. The zero-order valence-electron chi connectivity index (χ0n) is 16.1. The van der Waals surface area contributed by atoms with Crippen molar-refractivity contribution in [2.45, 2.75) is 114 Å². The minimum Gasteiger partial charge on any atom is -0.227 e. The van der Waals surface area contributed by atoms with Crippen molar-refractivity contribution in [2.75, 3.05) is 0 Å². The molecule has 0 heterocycles. The van der Waals surface area contributed by atoms with Gasteiger partial charge in [-0.05, 0) is 12.8 Å². The van der Waals surface area contributed by atoms with Gasteiger partial charge in [-0.3, -0.25) is 0 Å². The van der Waals surface area contributed by atoms with E-state index >= 15 is 0 Å². The minimum absolute atomic E-state index is 0.189. The number of rotatable bonds is 14. The van der Waals surface area contributed by atoms with Gasteiger partial charge in [0.15, 0.2) is 0 Å². The SMILES string of the molecule is CCCCCCCCCCCCCC(F)(C(F)(F)F)C(F)(F)C(F)(F)C(F)(F)F. The summed E-state index contributed by atoms with van der Waals surface area (Å²) >= 11 is 0. The second kappa shape index (κ2) is 11.0. The van der Waals surface area contributed by atoms with Gasteiger partial charge in [0.2, 0.25) is 0 Å². The van der Waals surface area contributed by atoms with Crippen molar-refractivity contribution < 1.29 is 48.3 Å². The van der Waals surface area contributed by atoms with Crippen LogP contribution in [0.2, 0.25) is 0 Å². The molecule has 0 aromatic heterocycles. The van der Waals surface area contributed by atoms with Crippen molar-refractivity contribution in [2.24, 2.45) is 0 Å². The molecule has 0 N–H and O–H groups in total. The molecule has 0 saturated heterocycles. The van der Waals surface area contributed by atoms with Gasteiger partial charge < -0.3 is 0 Å². The summed E-state index contributed by atoms with van der Waals surface area (Å²) in [7, 11) is 0. The fourth-order valence-corrected chi connectivity index (χ4v) is 2.94. The van der Waals surface area contributed by atoms with Gasteiger partial charge in [-0.25, -0.2) is 4.39 Å². The van der Waals surface area contributed by atoms with E-state index in [9.17, 15) is 48.3 Å². The standard InChI is InChI=1S/C18H27F11/c1-2-3-4-5-6-7-8-9-10-11-12-13-14(19,17(24,25)26)15(20,21)16(22,23)18(27,28)29/h2-13H2,1H3. The molecule has 0 fully saturated rings. The largest absolute Gasteiger partial charge is 0.460 e. The Morgan fingerprint density at radius 1 is 0.414 bits per heavy atom. The highest BCUT2D eigenvalue weighted by molar-refractivity contribution is 5.08. The lowest BCUT2D eigenvalue weighted by Crippen LogP contribution is -2.67. The van der Waals surface area contributed by atoms with Crippen molar-refractivity contribution in [3.8, 4) is 0 Å². The van der Waals surface area contributed by atoms with Crippen LogP contribution < -0.4 is 0 Å². The Morgan fingerprint density at radius 3 is 1.07 bits per heavy atom. The molecule has 1 unspecified atom stereocenters. The summed E-state index contributed by atoms with van der Waals surface area (Å²) in [5.41, 5.74) is -5.99. The first kappa shape index (κ1) is 28.2. The smallest absolute Gasteiger partial charge is 0.227 e. The van der Waals surface area contributed by atoms with Gasteiger partial charge in [0.1, 0.15) is 0 Å². The molecule has 0 aliphatic rings. The van der Waals surface area contributed by atoms with E-state index in [0.29, 0.717) is 12.8 Å². The predicted molar refractivity (Wildman–Crippen MR) is 86.9 cm³/mol. The van der Waals surface area contributed by atoms with Crippen molar-refractivity contribution in [1.29, 1.82) is 0 Å². The van der Waals surface area contributed by atoms with Crippen LogP contribution in [0.25, 0.3) is 0 Å². The van der Waals surface area contributed by atoms with Crippen LogP contribution in [-0.2, 0) is 0 Å². The third-order valence-electron chi connectivity index (χ3n) is 4.82. The summed E-state index contributed by atoms with van der Waals surface area (Å²) < 4.78 is 142. The Morgan fingerprint density at radius 2 is 0.759 bits per heavy atom. The summed E-state index contributed by atoms with van der Waals surface area (Å²) in [6.07, 6.45) is -9.27. The Labute approximate surface area is 163 Å². The topological polar surface area (TPSA) is 0 Å². The number of alkyl halides is 11. The van der Waals surface area contributed by atoms with Gasteiger partial charge >= 0.3 is 24.2 Å². The van der Waals surface area contributed by atoms with E-state index in [-0.39, 0.29) is 12.8 Å². The summed E-state index contributed by atoms with van der Waals surface area (Å²) in [5.74, 6) is -14.2. The van der Waals surface area contributed by atoms with Crippen molar-refractivity contribution in [3.63, 3.8) is 0 Å². The first-order valence-electron chi connectivity index (χ1n) is 9.64. The van der Waals surface area contributed by atoms with E-state index in [0.717, 1.165) is 38.5 Å². The third kappa shape index (κ3) is 7.15. The van der Waals surface area contributed by atoms with Crippen LogP contribution in [0.5, 0.6) is 0 Å². The van der Waals surface area contributed by atoms with Crippen LogP contribution in [0.4, 0.5) is 48.3 Å². The molecule has 176 valence electrons. The first-order chi connectivity index (χ1) is 13.1. The molecule has 29 heavy (non-hydrogen) atoms. The van der Waals surface area contributed by atoms with E-state index < -0.39 is 42.7 Å². The molecule has 0 aromatic rings. The Balaban J connectivity index is 4.69. The Hall–Kier alpha value is -0.770. The quantitative estimate of drug-likeness (QED) is 0.183. The summed E-state index contributed by atoms with van der Waals surface area (Å²) in [6.45, 7) is 2.06. The number of unbranched alkanes of at least 4 members (excludes halogenated alkanes) is 10. The molecule has 0 amide bonds. The molecule has 11 heteroatoms. The highest BCUT2D eigenvalue weighted by Gasteiger charge is 2.85. The monoisotopic (exact) mass is 452 g/mol. The average molecular weight is 452 g/mol. The highest BCUT2D eigenvalue weighted by Crippen LogP contribution is 2.58. The van der Waals surface area contributed by atoms with Crippen molar-refractivity contribution in [1.82, 2.24) is 0 Å². The average Bonchev–Trinajstić information content (AvgIpc) is 2.57. The fourth-order valence-electron chi connectivity index (χ4n) is 2.94. The van der Waals surface area contributed by atoms with E-state index in [2.05, 4.69) is 6.92 Å². The lowest BCUT2D eigenvalue weighted by molar-refractivity contribution is -0.412. The molecule has 0 aromatic carbocycles. The fraction of sp³-hybridized carbons (Fsp3) is 1.00. The van der Waals surface area contributed by atoms with Gasteiger partial charge in [0.05, 0.1) is 0 Å². The lowest BCUT2D eigenvalue weighted by atomic mass is 9.86. The summed E-state index contributed by atoms with van der Waals surface area (Å²) in [5, 5.41) is 0. The van der Waals surface area contributed by atoms with Crippen molar-refractivity contribution in [3.05, 3.63) is 0 Å². The number of hydrogen-bond donors (Lipinski definition) is 0. The second-order valence-electron chi connectivity index (χ2n) is 7.23. The van der Waals surface area contributed by atoms with Gasteiger partial charge in [-0.2, -0.15) is 43.9 Å². The van der Waals surface area contributed by atoms with E-state index in [1.807, 2.05) is 0 Å². The zero-order chi connectivity index (χ0) is 23.0. The van der Waals surface area contributed by atoms with Crippen LogP contribution in [0.3, 0.4) is 0 Å². The van der Waals surface area contributed by atoms with Crippen LogP contribution in [-0.4, -0.2) is 29.9 Å². The van der Waals surface area contributed by atoms with Gasteiger partial charge in [-0.15, -0.1) is 0 Å². The van der Waals surface area contributed by atoms with Crippen LogP contribution in [0.15, 0.2) is 0 Å². The predicted octanol–water partition coefficient (Wildman–Crippen LogP) is 8.79. The Kier molecular flexibility index (Phi) is 10.7. The summed E-state index contributed by atoms with van der Waals surface area (Å²) in [4.78, 5) is 0. The normalized spacial score (nSPS) is 16.1. The first-order valence-corrected chi connectivity index (χ1v) is 9.64. The maximum absolute atomic E-state index is 14.0. The number of halogens is 11. The highest BCUT2D eigenvalue weighted by atomic mass is 19.4. The molecule has 0 aliphatic carbocycles. The molecule has 1 atom stereocenters. The van der Waals surface area contributed by atoms with E-state index in [1.165, 1.54) is 0 Å². The minimum atomic E-state index is -7.16. The molecule has 0 bridgehead atoms. The van der Waals surface area contributed by atoms with Gasteiger partial charge in [0.25, 0.3) is 5.67 Å². The third-order valence-corrected chi connectivity index (χ3v) is 4.82. The van der Waals surface area contributed by atoms with E-state index in [1.54, 1.807) is 0 Å². The van der Waals surface area contributed by atoms with Crippen LogP contribution in [0.1, 0.15) is 84.0 Å². The van der Waals surface area contributed by atoms with Gasteiger partial charge in [-0.1, -0.05) is 71.1 Å². The molecule has 0 nitrogen and oxygen atoms in total. The molecule has 0 radical (unpaired) electrons. The van der Waals surface area contributed by atoms with E-state index in [4.69, 9.17) is 0 Å². The van der Waals surface area contributed by atoms with Crippen molar-refractivity contribution >= 4 is 0 Å². The van der Waals surface area contributed by atoms with Crippen LogP contribution >= 0.6 is 0 Å². The second-order valence-corrected chi connectivity index (χ2v) is 7.23. The maximum Gasteiger partial charge on any atom is 0.460 e. The van der Waals surface area contributed by atoms with Gasteiger partial charge in [0, 0.05) is 0 Å². The molecule has 0 aliphatic heterocycles. The molecular weight excluding hydrogens is 425 g/mol. The molecule has 0 spiro atoms. The zero-order valence-corrected chi connectivity index (χ0v) is 16.1. The lowest BCUT2D eigenvalue weighted by Gasteiger charge is -2.39. The molecular formula is C18H27F11. The van der Waals surface area contributed by atoms with Crippen LogP contribution in [0, 0.1) is 0 Å². The molecule has 0 rings (SSSR count). The maximum atomic E-state index is 14.0. The summed E-state index contributed by atoms with van der Waals surface area (Å²) in [6, 6.07) is 0. The Bertz CT molecular complexity index is 454.